The van der Waals surface area contributed by atoms with Crippen molar-refractivity contribution in [1.82, 2.24) is 9.88 Å². The van der Waals surface area contributed by atoms with Gasteiger partial charge in [0.25, 0.3) is 0 Å². The van der Waals surface area contributed by atoms with Crippen LogP contribution >= 0.6 is 0 Å². The van der Waals surface area contributed by atoms with Crippen molar-refractivity contribution in [3.05, 3.63) is 95.3 Å². The molecular weight excluding hydrogens is 430 g/mol. The van der Waals surface area contributed by atoms with E-state index in [1.54, 1.807) is 0 Å². The summed E-state index contributed by atoms with van der Waals surface area (Å²) in [4.78, 5) is 19.5. The van der Waals surface area contributed by atoms with Gasteiger partial charge in [-0.3, -0.25) is 14.7 Å². The van der Waals surface area contributed by atoms with Gasteiger partial charge in [-0.1, -0.05) is 61.9 Å². The molecule has 1 aliphatic heterocycles. The molecule has 0 saturated carbocycles. The number of aromatic nitrogens is 1. The molecule has 4 heteroatoms. The summed E-state index contributed by atoms with van der Waals surface area (Å²) in [7, 11) is 0. The highest BCUT2D eigenvalue weighted by molar-refractivity contribution is 5.91. The fourth-order valence-corrected chi connectivity index (χ4v) is 5.25. The Kier molecular flexibility index (Phi) is 8.70. The average Bonchev–Trinajstić information content (AvgIpc) is 2.90. The molecule has 3 aromatic rings. The fraction of sp³-hybridized carbons (Fsp3) is 0.419. The predicted octanol–water partition coefficient (Wildman–Crippen LogP) is 6.69. The molecule has 1 amide bonds. The van der Waals surface area contributed by atoms with Crippen molar-refractivity contribution < 1.29 is 4.79 Å². The van der Waals surface area contributed by atoms with E-state index in [1.165, 1.54) is 16.8 Å². The molecule has 1 fully saturated rings. The zero-order valence-corrected chi connectivity index (χ0v) is 21.3. The Morgan fingerprint density at radius 2 is 1.77 bits per heavy atom. The molecule has 0 spiro atoms. The van der Waals surface area contributed by atoms with E-state index in [1.807, 2.05) is 12.3 Å². The number of carbonyl (C=O) groups is 1. The van der Waals surface area contributed by atoms with Gasteiger partial charge in [-0.05, 0) is 87.0 Å². The lowest BCUT2D eigenvalue weighted by Gasteiger charge is -2.42. The van der Waals surface area contributed by atoms with Gasteiger partial charge in [0.15, 0.2) is 0 Å². The second kappa shape index (κ2) is 12.1. The summed E-state index contributed by atoms with van der Waals surface area (Å²) in [5.74, 6) is 0.111. The molecule has 4 rings (SSSR count). The Morgan fingerprint density at radius 3 is 2.46 bits per heavy atom. The number of likely N-dealkylation sites (tertiary alicyclic amines) is 1. The van der Waals surface area contributed by atoms with Crippen molar-refractivity contribution in [1.29, 1.82) is 0 Å². The van der Waals surface area contributed by atoms with Crippen LogP contribution < -0.4 is 5.32 Å². The van der Waals surface area contributed by atoms with Crippen molar-refractivity contribution in [2.45, 2.75) is 70.8 Å². The third-order valence-electron chi connectivity index (χ3n) is 7.48. The van der Waals surface area contributed by atoms with E-state index in [-0.39, 0.29) is 11.3 Å². The number of nitrogens with one attached hydrogen (secondary N) is 1. The predicted molar refractivity (Wildman–Crippen MR) is 145 cm³/mol. The number of carbonyl (C=O) groups excluding carboxylic acids is 1. The van der Waals surface area contributed by atoms with Crippen LogP contribution in [0.15, 0.2) is 72.9 Å². The van der Waals surface area contributed by atoms with Crippen molar-refractivity contribution >= 4 is 11.6 Å². The first-order valence-electron chi connectivity index (χ1n) is 13.2. The highest BCUT2D eigenvalue weighted by Gasteiger charge is 2.37. The Hall–Kier alpha value is -2.98. The monoisotopic (exact) mass is 469 g/mol. The van der Waals surface area contributed by atoms with Gasteiger partial charge in [-0.15, -0.1) is 0 Å². The quantitative estimate of drug-likeness (QED) is 0.360. The summed E-state index contributed by atoms with van der Waals surface area (Å²) in [5, 5.41) is 3.07. The second-order valence-electron chi connectivity index (χ2n) is 10.1. The lowest BCUT2D eigenvalue weighted by Crippen LogP contribution is -2.43. The lowest BCUT2D eigenvalue weighted by atomic mass is 9.71. The lowest BCUT2D eigenvalue weighted by molar-refractivity contribution is -0.116. The molecule has 2 aromatic carbocycles. The summed E-state index contributed by atoms with van der Waals surface area (Å²) in [5.41, 5.74) is 6.16. The standard InChI is InChI=1S/C31H39N3O/c1-3-4-13-30(35)33-28-15-14-27(23-25(28)2)24-34-21-18-31(19-22-34,29-12-8-9-20-32-29)17-16-26-10-6-5-7-11-26/h5-12,14-15,20,23H,3-4,13,16-19,21-22,24H2,1-2H3,(H,33,35). The number of hydrogen-bond acceptors (Lipinski definition) is 3. The maximum Gasteiger partial charge on any atom is 0.224 e. The summed E-state index contributed by atoms with van der Waals surface area (Å²) in [6.07, 6.45) is 8.97. The third kappa shape index (κ3) is 6.79. The summed E-state index contributed by atoms with van der Waals surface area (Å²) in [6.45, 7) is 7.28. The summed E-state index contributed by atoms with van der Waals surface area (Å²) >= 11 is 0. The molecule has 184 valence electrons. The number of hydrogen-bond donors (Lipinski definition) is 1. The molecule has 1 saturated heterocycles. The molecule has 35 heavy (non-hydrogen) atoms. The number of unbranched alkanes of at least 4 members (excludes halogenated alkanes) is 1. The van der Waals surface area contributed by atoms with E-state index in [0.29, 0.717) is 6.42 Å². The van der Waals surface area contributed by atoms with Crippen LogP contribution in [0.5, 0.6) is 0 Å². The molecule has 0 unspecified atom stereocenters. The Labute approximate surface area is 210 Å². The number of amides is 1. The van der Waals surface area contributed by atoms with Crippen molar-refractivity contribution in [3.8, 4) is 0 Å². The van der Waals surface area contributed by atoms with Gasteiger partial charge >= 0.3 is 0 Å². The van der Waals surface area contributed by atoms with E-state index in [2.05, 4.69) is 84.7 Å². The van der Waals surface area contributed by atoms with Crippen LogP contribution in [0.25, 0.3) is 0 Å². The minimum atomic E-state index is 0.111. The number of aryl methyl sites for hydroxylation is 2. The van der Waals surface area contributed by atoms with Gasteiger partial charge in [-0.2, -0.15) is 0 Å². The Bertz CT molecular complexity index is 1070. The topological polar surface area (TPSA) is 45.2 Å². The molecular formula is C31H39N3O. The zero-order chi connectivity index (χ0) is 24.5. The molecule has 0 radical (unpaired) electrons. The first kappa shape index (κ1) is 25.1. The number of nitrogens with zero attached hydrogens (tertiary/aromatic N) is 2. The van der Waals surface area contributed by atoms with Gasteiger partial charge in [0.05, 0.1) is 0 Å². The van der Waals surface area contributed by atoms with Crippen LogP contribution in [-0.4, -0.2) is 28.9 Å². The highest BCUT2D eigenvalue weighted by atomic mass is 16.1. The van der Waals surface area contributed by atoms with Crippen molar-refractivity contribution in [3.63, 3.8) is 0 Å². The summed E-state index contributed by atoms with van der Waals surface area (Å²) < 4.78 is 0. The number of benzene rings is 2. The highest BCUT2D eigenvalue weighted by Crippen LogP contribution is 2.39. The molecule has 1 N–H and O–H groups in total. The Morgan fingerprint density at radius 1 is 1.00 bits per heavy atom. The number of piperidine rings is 1. The van der Waals surface area contributed by atoms with Crippen molar-refractivity contribution in [2.24, 2.45) is 0 Å². The molecule has 0 atom stereocenters. The molecule has 0 aliphatic carbocycles. The molecule has 0 bridgehead atoms. The third-order valence-corrected chi connectivity index (χ3v) is 7.48. The van der Waals surface area contributed by atoms with Gasteiger partial charge in [0, 0.05) is 36.0 Å². The van der Waals surface area contributed by atoms with Gasteiger partial charge < -0.3 is 5.32 Å². The van der Waals surface area contributed by atoms with Crippen LogP contribution in [0, 0.1) is 6.92 Å². The van der Waals surface area contributed by atoms with Crippen molar-refractivity contribution in [2.75, 3.05) is 18.4 Å². The van der Waals surface area contributed by atoms with Crippen LogP contribution in [0.4, 0.5) is 5.69 Å². The number of rotatable bonds is 10. The van der Waals surface area contributed by atoms with E-state index < -0.39 is 0 Å². The van der Waals surface area contributed by atoms with Crippen LogP contribution in [-0.2, 0) is 23.2 Å². The van der Waals surface area contributed by atoms with Crippen LogP contribution in [0.3, 0.4) is 0 Å². The molecule has 2 heterocycles. The van der Waals surface area contributed by atoms with Crippen LogP contribution in [0.1, 0.15) is 67.8 Å². The number of pyridine rings is 1. The smallest absolute Gasteiger partial charge is 0.224 e. The maximum atomic E-state index is 12.1. The van der Waals surface area contributed by atoms with Gasteiger partial charge in [0.1, 0.15) is 0 Å². The largest absolute Gasteiger partial charge is 0.326 e. The normalized spacial score (nSPS) is 15.6. The van der Waals surface area contributed by atoms with Crippen LogP contribution in [0.2, 0.25) is 0 Å². The fourth-order valence-electron chi connectivity index (χ4n) is 5.25. The first-order chi connectivity index (χ1) is 17.1. The van der Waals surface area contributed by atoms with E-state index in [9.17, 15) is 4.79 Å². The van der Waals surface area contributed by atoms with E-state index in [0.717, 1.165) is 69.4 Å². The average molecular weight is 470 g/mol. The Balaban J connectivity index is 1.38. The maximum absolute atomic E-state index is 12.1. The van der Waals surface area contributed by atoms with Gasteiger partial charge in [0.2, 0.25) is 5.91 Å². The molecule has 1 aliphatic rings. The SMILES string of the molecule is CCCCC(=O)Nc1ccc(CN2CCC(CCc3ccccc3)(c3ccccn3)CC2)cc1C. The summed E-state index contributed by atoms with van der Waals surface area (Å²) in [6, 6.07) is 23.7. The van der Waals surface area contributed by atoms with E-state index in [4.69, 9.17) is 4.98 Å². The van der Waals surface area contributed by atoms with E-state index >= 15 is 0 Å². The number of anilines is 1. The molecule has 4 nitrogen and oxygen atoms in total. The van der Waals surface area contributed by atoms with Gasteiger partial charge in [-0.25, -0.2) is 0 Å². The minimum absolute atomic E-state index is 0.111. The first-order valence-corrected chi connectivity index (χ1v) is 13.2. The zero-order valence-electron chi connectivity index (χ0n) is 21.3. The molecule has 1 aromatic heterocycles. The minimum Gasteiger partial charge on any atom is -0.326 e. The second-order valence-corrected chi connectivity index (χ2v) is 10.1.